The Labute approximate surface area is 247 Å². The minimum atomic E-state index is -0.928. The van der Waals surface area contributed by atoms with Crippen LogP contribution < -0.4 is 25.0 Å². The highest BCUT2D eigenvalue weighted by atomic mass is 16.6. The van der Waals surface area contributed by atoms with E-state index in [0.717, 1.165) is 29.7 Å². The molecule has 1 unspecified atom stereocenters. The van der Waals surface area contributed by atoms with Gasteiger partial charge in [-0.2, -0.15) is 0 Å². The van der Waals surface area contributed by atoms with Crippen molar-refractivity contribution < 1.29 is 33.7 Å². The molecule has 43 heavy (non-hydrogen) atoms. The molecule has 13 heteroatoms. The molecule has 2 atom stereocenters. The monoisotopic (exact) mass is 588 g/mol. The SMILES string of the molecule is O=C1COc2ccc(N3C[C@H](CCNCc4cccc(-c5cccc(OC6CCCN(C(=O)O)C6)n5)c4)OC3=O)nc2N1. The number of carbonyl (C=O) groups excluding carboxylic acids is 2. The van der Waals surface area contributed by atoms with Crippen LogP contribution >= 0.6 is 0 Å². The van der Waals surface area contributed by atoms with E-state index >= 15 is 0 Å². The van der Waals surface area contributed by atoms with Crippen LogP contribution in [0.3, 0.4) is 0 Å². The van der Waals surface area contributed by atoms with Gasteiger partial charge < -0.3 is 34.9 Å². The summed E-state index contributed by atoms with van der Waals surface area (Å²) in [5.74, 6) is 1.33. The first-order chi connectivity index (χ1) is 20.9. The van der Waals surface area contributed by atoms with Crippen molar-refractivity contribution in [1.82, 2.24) is 20.2 Å². The molecule has 6 rings (SSSR count). The number of carbonyl (C=O) groups is 3. The van der Waals surface area contributed by atoms with Crippen LogP contribution in [-0.4, -0.2) is 83.1 Å². The molecule has 2 aromatic heterocycles. The van der Waals surface area contributed by atoms with Crippen molar-refractivity contribution in [1.29, 1.82) is 0 Å². The molecule has 0 aliphatic carbocycles. The molecule has 0 saturated carbocycles. The molecule has 5 heterocycles. The molecule has 3 aliphatic rings. The molecule has 1 aromatic carbocycles. The summed E-state index contributed by atoms with van der Waals surface area (Å²) in [6.45, 7) is 2.41. The number of ether oxygens (including phenoxy) is 3. The number of rotatable bonds is 9. The number of piperidine rings is 1. The molecule has 0 bridgehead atoms. The Balaban J connectivity index is 0.994. The Hall–Kier alpha value is -4.91. The third-order valence-corrected chi connectivity index (χ3v) is 7.47. The van der Waals surface area contributed by atoms with Gasteiger partial charge in [0.1, 0.15) is 18.0 Å². The van der Waals surface area contributed by atoms with Crippen molar-refractivity contribution in [2.45, 2.75) is 38.0 Å². The number of fused-ring (bicyclic) bond motifs is 1. The standard InChI is InChI=1S/C30H32N6O7/c37-26-18-41-24-9-10-25(33-28(24)34-26)36-17-22(43-30(36)40)11-12-31-15-19-4-1-5-20(14-19)23-7-2-8-27(32-23)42-21-6-3-13-35(16-21)29(38)39/h1-2,4-5,7-10,14,21-22,31H,3,6,11-13,15-18H2,(H,38,39)(H,33,34,37)/t21?,22-/m0/s1. The van der Waals surface area contributed by atoms with E-state index in [0.29, 0.717) is 62.4 Å². The van der Waals surface area contributed by atoms with Crippen molar-refractivity contribution in [3.63, 3.8) is 0 Å². The smallest absolute Gasteiger partial charge is 0.415 e. The van der Waals surface area contributed by atoms with Gasteiger partial charge in [0.25, 0.3) is 5.91 Å². The van der Waals surface area contributed by atoms with Crippen LogP contribution in [0.25, 0.3) is 11.3 Å². The quantitative estimate of drug-likeness (QED) is 0.316. The third kappa shape index (κ3) is 6.78. The van der Waals surface area contributed by atoms with E-state index in [-0.39, 0.29) is 24.7 Å². The van der Waals surface area contributed by atoms with Crippen molar-refractivity contribution >= 4 is 29.7 Å². The van der Waals surface area contributed by atoms with E-state index in [1.165, 1.54) is 9.80 Å². The highest BCUT2D eigenvalue weighted by Crippen LogP contribution is 2.30. The number of likely N-dealkylation sites (tertiary alicyclic amines) is 1. The van der Waals surface area contributed by atoms with Crippen molar-refractivity contribution in [3.8, 4) is 22.9 Å². The summed E-state index contributed by atoms with van der Waals surface area (Å²) in [6, 6.07) is 17.0. The van der Waals surface area contributed by atoms with Crippen LogP contribution in [0.5, 0.6) is 11.6 Å². The summed E-state index contributed by atoms with van der Waals surface area (Å²) in [5, 5.41) is 15.4. The van der Waals surface area contributed by atoms with E-state index < -0.39 is 12.2 Å². The lowest BCUT2D eigenvalue weighted by Gasteiger charge is -2.30. The van der Waals surface area contributed by atoms with E-state index in [2.05, 4.69) is 26.7 Å². The lowest BCUT2D eigenvalue weighted by molar-refractivity contribution is -0.118. The average molecular weight is 589 g/mol. The number of benzene rings is 1. The van der Waals surface area contributed by atoms with Crippen LogP contribution in [0.2, 0.25) is 0 Å². The van der Waals surface area contributed by atoms with Gasteiger partial charge in [0, 0.05) is 24.7 Å². The number of nitrogens with zero attached hydrogens (tertiary/aromatic N) is 4. The van der Waals surface area contributed by atoms with Gasteiger partial charge in [-0.25, -0.2) is 19.6 Å². The predicted molar refractivity (Wildman–Crippen MR) is 155 cm³/mol. The van der Waals surface area contributed by atoms with Gasteiger partial charge in [0.2, 0.25) is 5.88 Å². The fourth-order valence-electron chi connectivity index (χ4n) is 5.32. The zero-order chi connectivity index (χ0) is 29.8. The molecule has 2 saturated heterocycles. The number of cyclic esters (lactones) is 1. The zero-order valence-corrected chi connectivity index (χ0v) is 23.4. The first-order valence-corrected chi connectivity index (χ1v) is 14.2. The van der Waals surface area contributed by atoms with Gasteiger partial charge in [0.05, 0.1) is 18.8 Å². The fourth-order valence-corrected chi connectivity index (χ4v) is 5.32. The molecule has 3 N–H and O–H groups in total. The summed E-state index contributed by atoms with van der Waals surface area (Å²) in [6.07, 6.45) is 0.241. The molecule has 0 radical (unpaired) electrons. The normalized spacial score (nSPS) is 19.7. The number of carboxylic acid groups (broad SMARTS) is 1. The highest BCUT2D eigenvalue weighted by Gasteiger charge is 2.33. The van der Waals surface area contributed by atoms with Gasteiger partial charge in [-0.3, -0.25) is 9.69 Å². The van der Waals surface area contributed by atoms with E-state index in [1.54, 1.807) is 18.2 Å². The fraction of sp³-hybridized carbons (Fsp3) is 0.367. The average Bonchev–Trinajstić information content (AvgIpc) is 3.39. The van der Waals surface area contributed by atoms with Crippen molar-refractivity contribution in [3.05, 3.63) is 60.2 Å². The Kier molecular flexibility index (Phi) is 8.22. The van der Waals surface area contributed by atoms with Crippen LogP contribution in [0, 0.1) is 0 Å². The Bertz CT molecular complexity index is 1520. The first-order valence-electron chi connectivity index (χ1n) is 14.2. The maximum atomic E-state index is 12.5. The Morgan fingerprint density at radius 3 is 2.88 bits per heavy atom. The Morgan fingerprint density at radius 2 is 2.00 bits per heavy atom. The van der Waals surface area contributed by atoms with Gasteiger partial charge in [-0.1, -0.05) is 24.3 Å². The van der Waals surface area contributed by atoms with Crippen LogP contribution in [0.1, 0.15) is 24.8 Å². The lowest BCUT2D eigenvalue weighted by atomic mass is 10.1. The van der Waals surface area contributed by atoms with Gasteiger partial charge in [-0.15, -0.1) is 0 Å². The molecular formula is C30H32N6O7. The Morgan fingerprint density at radius 1 is 1.12 bits per heavy atom. The zero-order valence-electron chi connectivity index (χ0n) is 23.4. The molecule has 0 spiro atoms. The largest absolute Gasteiger partial charge is 0.480 e. The van der Waals surface area contributed by atoms with Crippen LogP contribution in [0.4, 0.5) is 21.2 Å². The van der Waals surface area contributed by atoms with Crippen molar-refractivity contribution in [2.75, 3.05) is 43.0 Å². The summed E-state index contributed by atoms with van der Waals surface area (Å²) < 4.78 is 16.9. The molecule has 3 aliphatic heterocycles. The highest BCUT2D eigenvalue weighted by molar-refractivity contribution is 5.95. The number of nitrogens with one attached hydrogen (secondary N) is 2. The second-order valence-corrected chi connectivity index (χ2v) is 10.6. The first kappa shape index (κ1) is 28.2. The number of hydrogen-bond donors (Lipinski definition) is 3. The summed E-state index contributed by atoms with van der Waals surface area (Å²) in [4.78, 5) is 47.3. The topological polar surface area (TPSA) is 155 Å². The van der Waals surface area contributed by atoms with Gasteiger partial charge >= 0.3 is 12.2 Å². The summed E-state index contributed by atoms with van der Waals surface area (Å²) in [5.41, 5.74) is 2.78. The maximum Gasteiger partial charge on any atom is 0.415 e. The number of pyridine rings is 2. The molecule has 13 nitrogen and oxygen atoms in total. The third-order valence-electron chi connectivity index (χ3n) is 7.47. The summed E-state index contributed by atoms with van der Waals surface area (Å²) >= 11 is 0. The predicted octanol–water partition coefficient (Wildman–Crippen LogP) is 3.50. The van der Waals surface area contributed by atoms with Crippen molar-refractivity contribution in [2.24, 2.45) is 0 Å². The van der Waals surface area contributed by atoms with E-state index in [4.69, 9.17) is 14.2 Å². The molecule has 3 aromatic rings. The second-order valence-electron chi connectivity index (χ2n) is 10.6. The van der Waals surface area contributed by atoms with Gasteiger partial charge in [0.15, 0.2) is 18.2 Å². The number of hydrogen-bond acceptors (Lipinski definition) is 9. The van der Waals surface area contributed by atoms with E-state index in [1.807, 2.05) is 30.3 Å². The maximum absolute atomic E-state index is 12.5. The molecule has 224 valence electrons. The lowest BCUT2D eigenvalue weighted by Crippen LogP contribution is -2.43. The number of amides is 3. The second kappa shape index (κ2) is 12.5. The van der Waals surface area contributed by atoms with E-state index in [9.17, 15) is 19.5 Å². The summed E-state index contributed by atoms with van der Waals surface area (Å²) in [7, 11) is 0. The van der Waals surface area contributed by atoms with Crippen LogP contribution in [0.15, 0.2) is 54.6 Å². The minimum Gasteiger partial charge on any atom is -0.480 e. The molecular weight excluding hydrogens is 556 g/mol. The molecule has 2 fully saturated rings. The number of anilines is 2. The van der Waals surface area contributed by atoms with Crippen LogP contribution in [-0.2, 0) is 16.1 Å². The molecule has 3 amide bonds. The van der Waals surface area contributed by atoms with Gasteiger partial charge in [-0.05, 0) is 55.6 Å². The number of aromatic nitrogens is 2. The minimum absolute atomic E-state index is 0.0603.